The van der Waals surface area contributed by atoms with Gasteiger partial charge in [-0.05, 0) is 42.8 Å². The number of carboxylic acids is 1. The van der Waals surface area contributed by atoms with Crippen molar-refractivity contribution in [3.05, 3.63) is 59.4 Å². The molecule has 0 saturated heterocycles. The zero-order valence-electron chi connectivity index (χ0n) is 11.0. The highest BCUT2D eigenvalue weighted by molar-refractivity contribution is 7.92. The summed E-state index contributed by atoms with van der Waals surface area (Å²) < 4.78 is 39.8. The van der Waals surface area contributed by atoms with Gasteiger partial charge >= 0.3 is 5.97 Å². The zero-order chi connectivity index (χ0) is 15.6. The largest absolute Gasteiger partial charge is 0.478 e. The summed E-state index contributed by atoms with van der Waals surface area (Å²) in [5.74, 6) is -2.40. The van der Waals surface area contributed by atoms with Gasteiger partial charge in [0, 0.05) is 5.69 Å². The number of aryl methyl sites for hydroxylation is 1. The van der Waals surface area contributed by atoms with Crippen molar-refractivity contribution in [2.24, 2.45) is 0 Å². The van der Waals surface area contributed by atoms with Gasteiger partial charge in [-0.25, -0.2) is 17.6 Å². The Bertz CT molecular complexity index is 802. The molecule has 0 aliphatic rings. The minimum atomic E-state index is -3.86. The van der Waals surface area contributed by atoms with Crippen LogP contribution >= 0.6 is 0 Å². The van der Waals surface area contributed by atoms with E-state index < -0.39 is 27.4 Å². The number of hydrogen-bond acceptors (Lipinski definition) is 3. The van der Waals surface area contributed by atoms with Gasteiger partial charge in [-0.2, -0.15) is 0 Å². The number of carbonyl (C=O) groups is 1. The van der Waals surface area contributed by atoms with E-state index >= 15 is 0 Å². The maximum absolute atomic E-state index is 13.3. The van der Waals surface area contributed by atoms with Crippen LogP contribution < -0.4 is 4.72 Å². The van der Waals surface area contributed by atoms with Crippen molar-refractivity contribution in [1.29, 1.82) is 0 Å². The van der Waals surface area contributed by atoms with Crippen molar-refractivity contribution in [3.63, 3.8) is 0 Å². The number of aromatic carboxylic acids is 1. The van der Waals surface area contributed by atoms with E-state index in [9.17, 15) is 17.6 Å². The van der Waals surface area contributed by atoms with Gasteiger partial charge in [0.2, 0.25) is 0 Å². The fourth-order valence-electron chi connectivity index (χ4n) is 1.75. The van der Waals surface area contributed by atoms with Gasteiger partial charge in [0.05, 0.1) is 10.5 Å². The van der Waals surface area contributed by atoms with Crippen molar-refractivity contribution in [2.75, 3.05) is 4.72 Å². The third-order valence-corrected chi connectivity index (χ3v) is 4.13. The van der Waals surface area contributed by atoms with Crippen LogP contribution in [0, 0.1) is 12.7 Å². The van der Waals surface area contributed by atoms with Gasteiger partial charge in [0.15, 0.2) is 0 Å². The second-order valence-corrected chi connectivity index (χ2v) is 6.10. The number of anilines is 1. The number of rotatable bonds is 4. The van der Waals surface area contributed by atoms with E-state index in [0.717, 1.165) is 23.8 Å². The van der Waals surface area contributed by atoms with Crippen molar-refractivity contribution in [2.45, 2.75) is 11.8 Å². The molecule has 5 nitrogen and oxygen atoms in total. The Labute approximate surface area is 121 Å². The average Bonchev–Trinajstić information content (AvgIpc) is 2.40. The van der Waals surface area contributed by atoms with Crippen LogP contribution in [0.3, 0.4) is 0 Å². The van der Waals surface area contributed by atoms with Crippen LogP contribution in [0.2, 0.25) is 0 Å². The second kappa shape index (κ2) is 5.53. The molecule has 0 aromatic heterocycles. The smallest absolute Gasteiger partial charge is 0.338 e. The van der Waals surface area contributed by atoms with E-state index in [1.165, 1.54) is 12.1 Å². The normalized spacial score (nSPS) is 11.1. The molecule has 0 amide bonds. The molecule has 2 aromatic carbocycles. The third-order valence-electron chi connectivity index (χ3n) is 2.75. The quantitative estimate of drug-likeness (QED) is 0.909. The number of halogens is 1. The van der Waals surface area contributed by atoms with E-state index in [4.69, 9.17) is 5.11 Å². The first-order valence-corrected chi connectivity index (χ1v) is 7.40. The predicted molar refractivity (Wildman–Crippen MR) is 75.3 cm³/mol. The number of hydrogen-bond donors (Lipinski definition) is 2. The van der Waals surface area contributed by atoms with Gasteiger partial charge in [-0.3, -0.25) is 4.72 Å². The molecule has 0 bridgehead atoms. The molecule has 110 valence electrons. The Morgan fingerprint density at radius 1 is 1.19 bits per heavy atom. The monoisotopic (exact) mass is 309 g/mol. The van der Waals surface area contributed by atoms with Crippen molar-refractivity contribution in [3.8, 4) is 0 Å². The van der Waals surface area contributed by atoms with Crippen LogP contribution in [-0.2, 0) is 10.0 Å². The van der Waals surface area contributed by atoms with Crippen LogP contribution in [0.4, 0.5) is 10.1 Å². The highest BCUT2D eigenvalue weighted by Gasteiger charge is 2.17. The SMILES string of the molecule is Cc1cccc(S(=O)(=O)Nc2ccc(F)c(C(=O)O)c2)c1. The molecular weight excluding hydrogens is 297 g/mol. The first-order chi connectivity index (χ1) is 9.79. The van der Waals surface area contributed by atoms with Crippen molar-refractivity contribution >= 4 is 21.7 Å². The summed E-state index contributed by atoms with van der Waals surface area (Å²) in [6.45, 7) is 1.75. The Balaban J connectivity index is 2.37. The molecule has 7 heteroatoms. The van der Waals surface area contributed by atoms with Gasteiger partial charge in [0.25, 0.3) is 10.0 Å². The Morgan fingerprint density at radius 3 is 2.52 bits per heavy atom. The summed E-state index contributed by atoms with van der Waals surface area (Å²) >= 11 is 0. The van der Waals surface area contributed by atoms with Crippen LogP contribution in [0.25, 0.3) is 0 Å². The van der Waals surface area contributed by atoms with Gasteiger partial charge < -0.3 is 5.11 Å². The fourth-order valence-corrected chi connectivity index (χ4v) is 2.90. The molecule has 0 aliphatic heterocycles. The minimum Gasteiger partial charge on any atom is -0.478 e. The van der Waals surface area contributed by atoms with Crippen LogP contribution in [0.15, 0.2) is 47.4 Å². The number of sulfonamides is 1. The molecule has 21 heavy (non-hydrogen) atoms. The summed E-state index contributed by atoms with van der Waals surface area (Å²) in [6, 6.07) is 9.23. The standard InChI is InChI=1S/C14H12FNO4S/c1-9-3-2-4-11(7-9)21(19,20)16-10-5-6-13(15)12(8-10)14(17)18/h2-8,16H,1H3,(H,17,18). The summed E-state index contributed by atoms with van der Waals surface area (Å²) in [7, 11) is -3.86. The molecule has 0 heterocycles. The van der Waals surface area contributed by atoms with Crippen LogP contribution in [0.1, 0.15) is 15.9 Å². The lowest BCUT2D eigenvalue weighted by molar-refractivity contribution is 0.0692. The Morgan fingerprint density at radius 2 is 1.90 bits per heavy atom. The predicted octanol–water partition coefficient (Wildman–Crippen LogP) is 2.63. The van der Waals surface area contributed by atoms with E-state index in [1.807, 2.05) is 0 Å². The van der Waals surface area contributed by atoms with E-state index in [-0.39, 0.29) is 10.6 Å². The van der Waals surface area contributed by atoms with Gasteiger partial charge in [-0.15, -0.1) is 0 Å². The summed E-state index contributed by atoms with van der Waals surface area (Å²) in [4.78, 5) is 10.9. The molecule has 0 fully saturated rings. The lowest BCUT2D eigenvalue weighted by Crippen LogP contribution is -2.14. The maximum atomic E-state index is 13.3. The van der Waals surface area contributed by atoms with E-state index in [2.05, 4.69) is 4.72 Å². The molecule has 0 aliphatic carbocycles. The summed E-state index contributed by atoms with van der Waals surface area (Å²) in [5, 5.41) is 8.82. The molecule has 0 saturated carbocycles. The molecule has 2 aromatic rings. The average molecular weight is 309 g/mol. The molecule has 0 spiro atoms. The summed E-state index contributed by atoms with van der Waals surface area (Å²) in [6.07, 6.45) is 0. The summed E-state index contributed by atoms with van der Waals surface area (Å²) in [5.41, 5.74) is 0.151. The topological polar surface area (TPSA) is 83.5 Å². The molecular formula is C14H12FNO4S. The lowest BCUT2D eigenvalue weighted by Gasteiger charge is -2.09. The third kappa shape index (κ3) is 3.38. The van der Waals surface area contributed by atoms with E-state index in [1.54, 1.807) is 19.1 Å². The fraction of sp³-hybridized carbons (Fsp3) is 0.0714. The number of benzene rings is 2. The molecule has 0 atom stereocenters. The molecule has 2 N–H and O–H groups in total. The first-order valence-electron chi connectivity index (χ1n) is 5.92. The Kier molecular flexibility index (Phi) is 3.95. The van der Waals surface area contributed by atoms with Crippen LogP contribution in [-0.4, -0.2) is 19.5 Å². The number of carboxylic acid groups (broad SMARTS) is 1. The van der Waals surface area contributed by atoms with Crippen molar-refractivity contribution < 1.29 is 22.7 Å². The zero-order valence-corrected chi connectivity index (χ0v) is 11.8. The maximum Gasteiger partial charge on any atom is 0.338 e. The van der Waals surface area contributed by atoms with Gasteiger partial charge in [0.1, 0.15) is 5.82 Å². The molecule has 2 rings (SSSR count). The highest BCUT2D eigenvalue weighted by Crippen LogP contribution is 2.19. The number of nitrogens with one attached hydrogen (secondary N) is 1. The first kappa shape index (κ1) is 15.0. The van der Waals surface area contributed by atoms with E-state index in [0.29, 0.717) is 0 Å². The minimum absolute atomic E-state index is 0.0182. The lowest BCUT2D eigenvalue weighted by atomic mass is 10.2. The van der Waals surface area contributed by atoms with Gasteiger partial charge in [-0.1, -0.05) is 12.1 Å². The molecule has 0 radical (unpaired) electrons. The van der Waals surface area contributed by atoms with Crippen molar-refractivity contribution in [1.82, 2.24) is 0 Å². The highest BCUT2D eigenvalue weighted by atomic mass is 32.2. The molecule has 0 unspecified atom stereocenters. The van der Waals surface area contributed by atoms with Crippen LogP contribution in [0.5, 0.6) is 0 Å². The second-order valence-electron chi connectivity index (χ2n) is 4.42. The Hall–Kier alpha value is -2.41.